The topological polar surface area (TPSA) is 72.5 Å². The molecular formula is C13H15NO3. The lowest BCUT2D eigenvalue weighted by atomic mass is 10.2. The third-order valence-corrected chi connectivity index (χ3v) is 2.05. The van der Waals surface area contributed by atoms with Crippen LogP contribution in [0.4, 0.5) is 0 Å². The summed E-state index contributed by atoms with van der Waals surface area (Å²) >= 11 is 0. The number of carbonyl (C=O) groups excluding carboxylic acids is 1. The molecule has 1 rings (SSSR count). The fourth-order valence-electron chi connectivity index (χ4n) is 1.12. The van der Waals surface area contributed by atoms with Crippen molar-refractivity contribution in [2.24, 2.45) is 5.73 Å². The van der Waals surface area contributed by atoms with Gasteiger partial charge in [-0.1, -0.05) is 36.4 Å². The Balaban J connectivity index is 2.49. The number of aliphatic hydroxyl groups is 1. The molecule has 0 aliphatic heterocycles. The Morgan fingerprint density at radius 1 is 1.47 bits per heavy atom. The van der Waals surface area contributed by atoms with Gasteiger partial charge in [0.2, 0.25) is 0 Å². The van der Waals surface area contributed by atoms with Crippen molar-refractivity contribution < 1.29 is 14.6 Å². The van der Waals surface area contributed by atoms with E-state index in [1.807, 2.05) is 30.3 Å². The van der Waals surface area contributed by atoms with Crippen molar-refractivity contribution in [1.29, 1.82) is 0 Å². The Bertz CT molecular complexity index is 412. The summed E-state index contributed by atoms with van der Waals surface area (Å²) in [5.74, 6) is -0.578. The van der Waals surface area contributed by atoms with E-state index >= 15 is 0 Å². The maximum Gasteiger partial charge on any atom is 0.193 e. The lowest BCUT2D eigenvalue weighted by Crippen LogP contribution is -2.17. The molecule has 1 aromatic rings. The van der Waals surface area contributed by atoms with Crippen LogP contribution in [0.2, 0.25) is 0 Å². The summed E-state index contributed by atoms with van der Waals surface area (Å²) in [5.41, 5.74) is 6.43. The van der Waals surface area contributed by atoms with Gasteiger partial charge in [0.1, 0.15) is 12.7 Å². The minimum Gasteiger partial charge on any atom is -0.474 e. The van der Waals surface area contributed by atoms with Crippen LogP contribution in [0.5, 0.6) is 0 Å². The first kappa shape index (κ1) is 13.0. The number of ketones is 1. The van der Waals surface area contributed by atoms with E-state index in [4.69, 9.17) is 15.6 Å². The number of hydrogen-bond donors (Lipinski definition) is 2. The lowest BCUT2D eigenvalue weighted by Gasteiger charge is -2.06. The van der Waals surface area contributed by atoms with E-state index in [0.717, 1.165) is 17.7 Å². The Morgan fingerprint density at radius 3 is 2.71 bits per heavy atom. The Labute approximate surface area is 100 Å². The third kappa shape index (κ3) is 4.53. The number of ether oxygens (including phenoxy) is 1. The zero-order chi connectivity index (χ0) is 12.7. The molecule has 0 aliphatic rings. The number of nitrogens with two attached hydrogens (primary N) is 1. The second-order valence-electron chi connectivity index (χ2n) is 3.40. The Kier molecular flexibility index (Phi) is 4.97. The highest BCUT2D eigenvalue weighted by Gasteiger charge is 2.08. The van der Waals surface area contributed by atoms with E-state index in [0.29, 0.717) is 0 Å². The van der Waals surface area contributed by atoms with Crippen LogP contribution in [0.3, 0.4) is 0 Å². The second kappa shape index (κ2) is 6.50. The molecular weight excluding hydrogens is 218 g/mol. The SMILES string of the molecule is C=CC(O)C(=O)C=C(N)OCc1ccccc1. The molecule has 4 heteroatoms. The molecule has 1 unspecified atom stereocenters. The van der Waals surface area contributed by atoms with Crippen molar-refractivity contribution >= 4 is 5.78 Å². The molecule has 0 saturated carbocycles. The molecule has 3 N–H and O–H groups in total. The highest BCUT2D eigenvalue weighted by Crippen LogP contribution is 2.03. The average molecular weight is 233 g/mol. The van der Waals surface area contributed by atoms with Crippen molar-refractivity contribution in [1.82, 2.24) is 0 Å². The highest BCUT2D eigenvalue weighted by molar-refractivity contribution is 5.94. The van der Waals surface area contributed by atoms with E-state index in [1.165, 1.54) is 0 Å². The van der Waals surface area contributed by atoms with Crippen LogP contribution in [0.15, 0.2) is 54.9 Å². The van der Waals surface area contributed by atoms with Crippen LogP contribution in [-0.2, 0) is 16.1 Å². The lowest BCUT2D eigenvalue weighted by molar-refractivity contribution is -0.120. The van der Waals surface area contributed by atoms with Crippen molar-refractivity contribution in [2.75, 3.05) is 0 Å². The van der Waals surface area contributed by atoms with Crippen LogP contribution < -0.4 is 5.73 Å². The first-order valence-corrected chi connectivity index (χ1v) is 5.12. The van der Waals surface area contributed by atoms with Gasteiger partial charge in [0, 0.05) is 6.08 Å². The van der Waals surface area contributed by atoms with E-state index in [-0.39, 0.29) is 12.5 Å². The molecule has 4 nitrogen and oxygen atoms in total. The molecule has 1 atom stereocenters. The molecule has 17 heavy (non-hydrogen) atoms. The van der Waals surface area contributed by atoms with Crippen molar-refractivity contribution in [3.8, 4) is 0 Å². The number of carbonyl (C=O) groups is 1. The van der Waals surface area contributed by atoms with Crippen LogP contribution in [0.1, 0.15) is 5.56 Å². The van der Waals surface area contributed by atoms with E-state index in [1.54, 1.807) is 0 Å². The monoisotopic (exact) mass is 233 g/mol. The standard InChI is InChI=1S/C13H15NO3/c1-2-11(15)12(16)8-13(14)17-9-10-6-4-3-5-7-10/h2-8,11,15H,1,9,14H2. The van der Waals surface area contributed by atoms with Crippen molar-refractivity contribution in [2.45, 2.75) is 12.7 Å². The normalized spacial score (nSPS) is 12.9. The maximum atomic E-state index is 11.2. The summed E-state index contributed by atoms with van der Waals surface area (Å²) in [5, 5.41) is 9.14. The molecule has 0 amide bonds. The summed E-state index contributed by atoms with van der Waals surface area (Å²) < 4.78 is 5.17. The van der Waals surface area contributed by atoms with Gasteiger partial charge < -0.3 is 15.6 Å². The number of rotatable bonds is 6. The molecule has 0 bridgehead atoms. The van der Waals surface area contributed by atoms with Gasteiger partial charge in [0.25, 0.3) is 0 Å². The molecule has 0 aromatic heterocycles. The van der Waals surface area contributed by atoms with Gasteiger partial charge in [-0.3, -0.25) is 4.79 Å². The molecule has 0 spiro atoms. The fraction of sp³-hybridized carbons (Fsp3) is 0.154. The van der Waals surface area contributed by atoms with Gasteiger partial charge in [-0.25, -0.2) is 0 Å². The molecule has 0 heterocycles. The average Bonchev–Trinajstić information content (AvgIpc) is 2.36. The van der Waals surface area contributed by atoms with Crippen LogP contribution >= 0.6 is 0 Å². The molecule has 0 aliphatic carbocycles. The van der Waals surface area contributed by atoms with Gasteiger partial charge >= 0.3 is 0 Å². The second-order valence-corrected chi connectivity index (χ2v) is 3.40. The van der Waals surface area contributed by atoms with E-state index in [2.05, 4.69) is 6.58 Å². The number of aliphatic hydroxyl groups excluding tert-OH is 1. The van der Waals surface area contributed by atoms with Gasteiger partial charge in [-0.15, -0.1) is 6.58 Å². The van der Waals surface area contributed by atoms with Gasteiger partial charge in [-0.2, -0.15) is 0 Å². The zero-order valence-corrected chi connectivity index (χ0v) is 9.37. The molecule has 0 radical (unpaired) electrons. The summed E-state index contributed by atoms with van der Waals surface area (Å²) in [6.07, 6.45) is 0.937. The smallest absolute Gasteiger partial charge is 0.193 e. The first-order chi connectivity index (χ1) is 8.13. The largest absolute Gasteiger partial charge is 0.474 e. The summed E-state index contributed by atoms with van der Waals surface area (Å²) in [6, 6.07) is 9.42. The predicted molar refractivity (Wildman–Crippen MR) is 64.7 cm³/mol. The minimum absolute atomic E-state index is 0.0280. The van der Waals surface area contributed by atoms with Crippen LogP contribution in [0, 0.1) is 0 Å². The third-order valence-electron chi connectivity index (χ3n) is 2.05. The minimum atomic E-state index is -1.24. The predicted octanol–water partition coefficient (Wildman–Crippen LogP) is 1.12. The molecule has 1 aromatic carbocycles. The Hall–Kier alpha value is -2.07. The highest BCUT2D eigenvalue weighted by atomic mass is 16.5. The first-order valence-electron chi connectivity index (χ1n) is 5.12. The fourth-order valence-corrected chi connectivity index (χ4v) is 1.12. The van der Waals surface area contributed by atoms with Gasteiger partial charge in [-0.05, 0) is 5.56 Å². The van der Waals surface area contributed by atoms with E-state index in [9.17, 15) is 4.79 Å². The summed E-state index contributed by atoms with van der Waals surface area (Å²) in [4.78, 5) is 11.2. The van der Waals surface area contributed by atoms with E-state index < -0.39 is 11.9 Å². The zero-order valence-electron chi connectivity index (χ0n) is 9.37. The quantitative estimate of drug-likeness (QED) is 0.439. The Morgan fingerprint density at radius 2 is 2.12 bits per heavy atom. The molecule has 90 valence electrons. The number of hydrogen-bond acceptors (Lipinski definition) is 4. The van der Waals surface area contributed by atoms with Crippen molar-refractivity contribution in [3.05, 3.63) is 60.5 Å². The van der Waals surface area contributed by atoms with Crippen LogP contribution in [0.25, 0.3) is 0 Å². The maximum absolute atomic E-state index is 11.2. The van der Waals surface area contributed by atoms with Crippen molar-refractivity contribution in [3.63, 3.8) is 0 Å². The van der Waals surface area contributed by atoms with Crippen LogP contribution in [-0.4, -0.2) is 17.0 Å². The molecule has 0 fully saturated rings. The van der Waals surface area contributed by atoms with Gasteiger partial charge in [0.15, 0.2) is 11.7 Å². The molecule has 0 saturated heterocycles. The summed E-state index contributed by atoms with van der Waals surface area (Å²) in [6.45, 7) is 3.58. The van der Waals surface area contributed by atoms with Gasteiger partial charge in [0.05, 0.1) is 0 Å². The summed E-state index contributed by atoms with van der Waals surface area (Å²) in [7, 11) is 0. The number of benzene rings is 1.